The number of benzene rings is 2. The van der Waals surface area contributed by atoms with Gasteiger partial charge in [0.1, 0.15) is 0 Å². The molecule has 0 unspecified atom stereocenters. The van der Waals surface area contributed by atoms with Gasteiger partial charge < -0.3 is 10.5 Å². The summed E-state index contributed by atoms with van der Waals surface area (Å²) in [5, 5.41) is 15.6. The summed E-state index contributed by atoms with van der Waals surface area (Å²) in [5.41, 5.74) is 9.17. The summed E-state index contributed by atoms with van der Waals surface area (Å²) in [6.45, 7) is 2.70. The smallest absolute Gasteiger partial charge is 0.360 e. The molecule has 0 spiro atoms. The van der Waals surface area contributed by atoms with Gasteiger partial charge in [-0.2, -0.15) is 4.68 Å². The van der Waals surface area contributed by atoms with E-state index in [1.165, 1.54) is 9.58 Å². The molecule has 0 fully saturated rings. The zero-order valence-electron chi connectivity index (χ0n) is 21.0. The number of carbonyl (C=O) groups excluding carboxylic acids is 3. The number of aromatic nitrogens is 5. The summed E-state index contributed by atoms with van der Waals surface area (Å²) >= 11 is 0. The van der Waals surface area contributed by atoms with Gasteiger partial charge in [-0.3, -0.25) is 19.4 Å². The third kappa shape index (κ3) is 4.12. The van der Waals surface area contributed by atoms with Crippen molar-refractivity contribution in [3.05, 3.63) is 82.2 Å². The molecule has 0 saturated carbocycles. The van der Waals surface area contributed by atoms with Gasteiger partial charge in [0.05, 0.1) is 29.5 Å². The molecular weight excluding hydrogens is 504 g/mol. The van der Waals surface area contributed by atoms with Crippen LogP contribution in [0.25, 0.3) is 5.82 Å². The lowest BCUT2D eigenvalue weighted by molar-refractivity contribution is 0.0515. The number of hydrogen-bond donors (Lipinski definition) is 1. The van der Waals surface area contributed by atoms with Crippen molar-refractivity contribution in [3.63, 3.8) is 0 Å². The number of rotatable bonds is 7. The molecule has 6 rings (SSSR count). The number of carbonyl (C=O) groups is 3. The van der Waals surface area contributed by atoms with Crippen LogP contribution in [0.3, 0.4) is 0 Å². The zero-order valence-corrected chi connectivity index (χ0v) is 21.0. The molecule has 2 aromatic carbocycles. The van der Waals surface area contributed by atoms with Crippen LogP contribution in [0.15, 0.2) is 53.2 Å². The lowest BCUT2D eigenvalue weighted by atomic mass is 9.92. The van der Waals surface area contributed by atoms with E-state index in [2.05, 4.69) is 25.5 Å². The molecule has 2 aromatic heterocycles. The van der Waals surface area contributed by atoms with Crippen LogP contribution >= 0.6 is 0 Å². The predicted octanol–water partition coefficient (Wildman–Crippen LogP) is 1.80. The highest BCUT2D eigenvalue weighted by atomic mass is 16.6. The monoisotopic (exact) mass is 528 g/mol. The molecule has 198 valence electrons. The molecule has 13 heteroatoms. The van der Waals surface area contributed by atoms with Gasteiger partial charge in [0, 0.05) is 19.6 Å². The summed E-state index contributed by atoms with van der Waals surface area (Å²) in [5.74, 6) is -1.26. The first-order valence-electron chi connectivity index (χ1n) is 12.4. The maximum Gasteiger partial charge on any atom is 0.360 e. The molecule has 4 heterocycles. The maximum atomic E-state index is 13.2. The third-order valence-electron chi connectivity index (χ3n) is 7.04. The number of anilines is 1. The van der Waals surface area contributed by atoms with Crippen LogP contribution in [0.1, 0.15) is 61.0 Å². The Hall–Kier alpha value is -4.91. The minimum absolute atomic E-state index is 0.00223. The molecule has 2 N–H and O–H groups in total. The molecule has 0 aliphatic carbocycles. The number of hydrogen-bond acceptors (Lipinski definition) is 11. The lowest BCUT2D eigenvalue weighted by Crippen LogP contribution is -2.44. The van der Waals surface area contributed by atoms with Crippen LogP contribution in [0, 0.1) is 0 Å². The lowest BCUT2D eigenvalue weighted by Gasteiger charge is -2.38. The van der Waals surface area contributed by atoms with Gasteiger partial charge in [0.2, 0.25) is 11.6 Å². The SMILES string of the molecule is CCOC(=O)c1nnn(-c2nonc2N)c1CN1CCc2ccccc2[C@H]1CN1C(=O)c2ccccc2C1=O. The van der Waals surface area contributed by atoms with Gasteiger partial charge in [-0.05, 0) is 46.9 Å². The highest BCUT2D eigenvalue weighted by Crippen LogP contribution is 2.34. The molecule has 0 radical (unpaired) electrons. The highest BCUT2D eigenvalue weighted by molar-refractivity contribution is 6.21. The fourth-order valence-electron chi connectivity index (χ4n) is 5.19. The zero-order chi connectivity index (χ0) is 27.1. The van der Waals surface area contributed by atoms with Gasteiger partial charge in [-0.1, -0.05) is 41.6 Å². The van der Waals surface area contributed by atoms with Gasteiger partial charge >= 0.3 is 5.97 Å². The molecule has 39 heavy (non-hydrogen) atoms. The maximum absolute atomic E-state index is 13.2. The van der Waals surface area contributed by atoms with Crippen molar-refractivity contribution in [2.75, 3.05) is 25.4 Å². The molecule has 2 aliphatic rings. The van der Waals surface area contributed by atoms with E-state index in [4.69, 9.17) is 15.1 Å². The number of nitrogens with two attached hydrogens (primary N) is 1. The molecule has 13 nitrogen and oxygen atoms in total. The quantitative estimate of drug-likeness (QED) is 0.275. The van der Waals surface area contributed by atoms with Crippen molar-refractivity contribution in [2.24, 2.45) is 0 Å². The number of amides is 2. The van der Waals surface area contributed by atoms with Crippen LogP contribution in [-0.2, 0) is 17.7 Å². The van der Waals surface area contributed by atoms with Crippen LogP contribution in [0.4, 0.5) is 5.82 Å². The van der Waals surface area contributed by atoms with Crippen molar-refractivity contribution < 1.29 is 23.7 Å². The van der Waals surface area contributed by atoms with E-state index in [-0.39, 0.29) is 54.9 Å². The average Bonchev–Trinajstić information content (AvgIpc) is 3.62. The number of fused-ring (bicyclic) bond motifs is 2. The normalized spacial score (nSPS) is 16.8. The molecule has 2 aliphatic heterocycles. The van der Waals surface area contributed by atoms with Gasteiger partial charge in [0.25, 0.3) is 11.8 Å². The van der Waals surface area contributed by atoms with Crippen molar-refractivity contribution >= 4 is 23.6 Å². The molecule has 2 amide bonds. The Morgan fingerprint density at radius 3 is 2.49 bits per heavy atom. The Morgan fingerprint density at radius 2 is 1.79 bits per heavy atom. The van der Waals surface area contributed by atoms with Crippen LogP contribution < -0.4 is 5.73 Å². The topological polar surface area (TPSA) is 163 Å². The van der Waals surface area contributed by atoms with Crippen molar-refractivity contribution in [1.29, 1.82) is 0 Å². The van der Waals surface area contributed by atoms with Gasteiger partial charge in [-0.15, -0.1) is 5.10 Å². The minimum atomic E-state index is -0.650. The van der Waals surface area contributed by atoms with Crippen molar-refractivity contribution in [3.8, 4) is 5.82 Å². The van der Waals surface area contributed by atoms with E-state index in [1.54, 1.807) is 31.2 Å². The number of nitrogen functional groups attached to an aromatic ring is 1. The third-order valence-corrected chi connectivity index (χ3v) is 7.04. The van der Waals surface area contributed by atoms with E-state index in [9.17, 15) is 14.4 Å². The average molecular weight is 529 g/mol. The van der Waals surface area contributed by atoms with Gasteiger partial charge in [-0.25, -0.2) is 9.42 Å². The molecule has 1 atom stereocenters. The summed E-state index contributed by atoms with van der Waals surface area (Å²) in [6.07, 6.45) is 0.721. The molecule has 0 saturated heterocycles. The number of ether oxygens (including phenoxy) is 1. The van der Waals surface area contributed by atoms with Crippen molar-refractivity contribution in [2.45, 2.75) is 25.9 Å². The fourth-order valence-corrected chi connectivity index (χ4v) is 5.19. The first-order chi connectivity index (χ1) is 19.0. The van der Waals surface area contributed by atoms with Gasteiger partial charge in [0.15, 0.2) is 5.69 Å². The van der Waals surface area contributed by atoms with E-state index in [0.29, 0.717) is 23.4 Å². The first-order valence-corrected chi connectivity index (χ1v) is 12.4. The highest BCUT2D eigenvalue weighted by Gasteiger charge is 2.40. The number of imide groups is 1. The Kier molecular flexibility index (Phi) is 6.11. The van der Waals surface area contributed by atoms with Crippen molar-refractivity contribution in [1.82, 2.24) is 35.1 Å². The van der Waals surface area contributed by atoms with E-state index in [0.717, 1.165) is 17.5 Å². The second kappa shape index (κ2) is 9.76. The van der Waals surface area contributed by atoms with Crippen LogP contribution in [-0.4, -0.2) is 72.6 Å². The number of esters is 1. The summed E-state index contributed by atoms with van der Waals surface area (Å²) < 4.78 is 11.3. The molecular formula is C26H24N8O5. The van der Waals surface area contributed by atoms with E-state index in [1.807, 2.05) is 24.3 Å². The Labute approximate surface area is 222 Å². The second-order valence-electron chi connectivity index (χ2n) is 9.19. The Balaban J connectivity index is 1.39. The standard InChI is InChI=1S/C26H24N8O5/c1-2-38-26(37)21-20(34(31-28-21)23-22(27)29-39-30-23)13-32-12-11-15-7-3-4-8-16(15)19(32)14-33-24(35)17-9-5-6-10-18(17)25(33)36/h3-10,19H,2,11-14H2,1H3,(H2,27,29)/t19-/m1/s1. The van der Waals surface area contributed by atoms with E-state index >= 15 is 0 Å². The number of nitrogens with zero attached hydrogens (tertiary/aromatic N) is 7. The Bertz CT molecular complexity index is 1560. The van der Waals surface area contributed by atoms with Crippen LogP contribution in [0.2, 0.25) is 0 Å². The minimum Gasteiger partial charge on any atom is -0.461 e. The summed E-state index contributed by atoms with van der Waals surface area (Å²) in [4.78, 5) is 42.6. The Morgan fingerprint density at radius 1 is 1.08 bits per heavy atom. The van der Waals surface area contributed by atoms with E-state index < -0.39 is 5.97 Å². The summed E-state index contributed by atoms with van der Waals surface area (Å²) in [7, 11) is 0. The fraction of sp³-hybridized carbons (Fsp3) is 0.269. The molecule has 0 bridgehead atoms. The first kappa shape index (κ1) is 24.4. The predicted molar refractivity (Wildman–Crippen MR) is 135 cm³/mol. The van der Waals surface area contributed by atoms with Crippen LogP contribution in [0.5, 0.6) is 0 Å². The second-order valence-corrected chi connectivity index (χ2v) is 9.19. The summed E-state index contributed by atoms with van der Waals surface area (Å²) in [6, 6.07) is 14.4. The molecule has 4 aromatic rings. The largest absolute Gasteiger partial charge is 0.461 e.